The van der Waals surface area contributed by atoms with Crippen LogP contribution in [-0.2, 0) is 6.18 Å². The summed E-state index contributed by atoms with van der Waals surface area (Å²) in [4.78, 5) is 3.45. The Kier molecular flexibility index (Phi) is 4.07. The predicted octanol–water partition coefficient (Wildman–Crippen LogP) is 2.97. The molecule has 2 aromatic heterocycles. The van der Waals surface area contributed by atoms with Crippen LogP contribution in [0.5, 0.6) is 0 Å². The first-order valence-electron chi connectivity index (χ1n) is 8.34. The van der Waals surface area contributed by atoms with Crippen molar-refractivity contribution in [2.75, 3.05) is 18.4 Å². The van der Waals surface area contributed by atoms with Crippen LogP contribution in [0, 0.1) is 11.8 Å². The maximum absolute atomic E-state index is 13.1. The number of aromatic nitrogens is 3. The molecule has 1 aliphatic heterocycles. The van der Waals surface area contributed by atoms with Gasteiger partial charge < -0.3 is 10.6 Å². The number of hydrogen-bond donors (Lipinski definition) is 2. The Morgan fingerprint density at radius 3 is 2.44 bits per heavy atom. The van der Waals surface area contributed by atoms with Gasteiger partial charge in [-0.05, 0) is 62.0 Å². The fraction of sp³-hybridized carbons (Fsp3) is 0.471. The monoisotopic (exact) mass is 349 g/mol. The van der Waals surface area contributed by atoms with Gasteiger partial charge in [0.05, 0.1) is 5.69 Å². The smallest absolute Gasteiger partial charge is 0.366 e. The van der Waals surface area contributed by atoms with Crippen molar-refractivity contribution >= 4 is 5.82 Å². The molecule has 2 fully saturated rings. The molecule has 1 saturated carbocycles. The first-order chi connectivity index (χ1) is 12.0. The summed E-state index contributed by atoms with van der Waals surface area (Å²) in [5.74, 6) is 2.00. The minimum atomic E-state index is -4.52. The Balaban J connectivity index is 1.50. The molecule has 2 aliphatic rings. The van der Waals surface area contributed by atoms with Gasteiger partial charge >= 0.3 is 6.18 Å². The molecule has 0 radical (unpaired) electrons. The molecule has 2 aromatic rings. The van der Waals surface area contributed by atoms with Crippen LogP contribution >= 0.6 is 0 Å². The number of nitrogens with zero attached hydrogens (tertiary/aromatic N) is 3. The molecule has 1 aliphatic carbocycles. The number of rotatable bonds is 3. The van der Waals surface area contributed by atoms with Crippen LogP contribution in [0.1, 0.15) is 18.5 Å². The fourth-order valence-corrected chi connectivity index (χ4v) is 3.88. The minimum Gasteiger partial charge on any atom is -0.366 e. The number of hydrogen-bond acceptors (Lipinski definition) is 5. The normalized spacial score (nSPS) is 25.8. The predicted molar refractivity (Wildman–Crippen MR) is 86.8 cm³/mol. The van der Waals surface area contributed by atoms with Gasteiger partial charge in [0.25, 0.3) is 0 Å². The summed E-state index contributed by atoms with van der Waals surface area (Å²) in [6, 6.07) is 6.41. The second kappa shape index (κ2) is 6.25. The number of alkyl halides is 3. The first-order valence-corrected chi connectivity index (χ1v) is 8.34. The third-order valence-electron chi connectivity index (χ3n) is 5.02. The molecule has 0 amide bonds. The van der Waals surface area contributed by atoms with Gasteiger partial charge in [-0.1, -0.05) is 0 Å². The summed E-state index contributed by atoms with van der Waals surface area (Å²) in [6.07, 6.45) is -1.23. The lowest BCUT2D eigenvalue weighted by molar-refractivity contribution is -0.140. The summed E-state index contributed by atoms with van der Waals surface area (Å²) in [6.45, 7) is 2.13. The van der Waals surface area contributed by atoms with Crippen LogP contribution in [0.4, 0.5) is 19.0 Å². The molecule has 2 N–H and O–H groups in total. The quantitative estimate of drug-likeness (QED) is 0.892. The summed E-state index contributed by atoms with van der Waals surface area (Å²) in [7, 11) is 0. The van der Waals surface area contributed by atoms with Gasteiger partial charge in [0.1, 0.15) is 5.82 Å². The number of halogens is 3. The van der Waals surface area contributed by atoms with E-state index in [1.807, 2.05) is 0 Å². The van der Waals surface area contributed by atoms with Crippen LogP contribution in [0.3, 0.4) is 0 Å². The average Bonchev–Trinajstić information content (AvgIpc) is 3.16. The van der Waals surface area contributed by atoms with Gasteiger partial charge in [0.2, 0.25) is 0 Å². The molecule has 3 atom stereocenters. The molecule has 5 nitrogen and oxygen atoms in total. The molecule has 4 rings (SSSR count). The second-order valence-electron chi connectivity index (χ2n) is 6.69. The Bertz CT molecular complexity index is 735. The Hall–Kier alpha value is -2.22. The molecule has 3 heterocycles. The van der Waals surface area contributed by atoms with E-state index in [-0.39, 0.29) is 11.3 Å². The Morgan fingerprint density at radius 2 is 1.80 bits per heavy atom. The maximum atomic E-state index is 13.1. The van der Waals surface area contributed by atoms with Gasteiger partial charge in [-0.25, -0.2) is 0 Å². The van der Waals surface area contributed by atoms with E-state index < -0.39 is 11.9 Å². The van der Waals surface area contributed by atoms with Crippen molar-refractivity contribution in [3.63, 3.8) is 0 Å². The lowest BCUT2D eigenvalue weighted by Gasteiger charge is -2.15. The van der Waals surface area contributed by atoms with E-state index in [9.17, 15) is 13.2 Å². The molecular weight excluding hydrogens is 331 g/mol. The van der Waals surface area contributed by atoms with Crippen molar-refractivity contribution < 1.29 is 13.2 Å². The van der Waals surface area contributed by atoms with Gasteiger partial charge in [-0.3, -0.25) is 4.98 Å². The summed E-state index contributed by atoms with van der Waals surface area (Å²) < 4.78 is 39.2. The SMILES string of the molecule is FC(F)(F)c1ncccc1-c1ccc(N[C@@H]2CC3CNC[C@H]3C2)nn1. The van der Waals surface area contributed by atoms with Gasteiger partial charge in [0, 0.05) is 17.8 Å². The summed E-state index contributed by atoms with van der Waals surface area (Å²) >= 11 is 0. The largest absolute Gasteiger partial charge is 0.434 e. The Labute approximate surface area is 143 Å². The average molecular weight is 349 g/mol. The van der Waals surface area contributed by atoms with E-state index in [1.165, 1.54) is 12.1 Å². The molecular formula is C17H18F3N5. The Morgan fingerprint density at radius 1 is 1.04 bits per heavy atom. The van der Waals surface area contributed by atoms with Crippen molar-refractivity contribution in [1.82, 2.24) is 20.5 Å². The third-order valence-corrected chi connectivity index (χ3v) is 5.02. The molecule has 0 aromatic carbocycles. The highest BCUT2D eigenvalue weighted by atomic mass is 19.4. The van der Waals surface area contributed by atoms with E-state index in [2.05, 4.69) is 25.8 Å². The summed E-state index contributed by atoms with van der Waals surface area (Å²) in [5.41, 5.74) is -0.838. The standard InChI is InChI=1S/C17H18F3N5/c18-17(19,20)16-13(2-1-5-22-16)14-3-4-15(25-24-14)23-12-6-10-8-21-9-11(10)7-12/h1-5,10-12,21H,6-9H2,(H,23,25)/t10-,11?,12+/m1/s1. The highest BCUT2D eigenvalue weighted by Crippen LogP contribution is 2.36. The molecule has 1 saturated heterocycles. The topological polar surface area (TPSA) is 62.7 Å². The highest BCUT2D eigenvalue weighted by molar-refractivity contribution is 5.62. The molecule has 0 spiro atoms. The number of pyridine rings is 1. The number of fused-ring (bicyclic) bond motifs is 1. The zero-order valence-electron chi connectivity index (χ0n) is 13.4. The lowest BCUT2D eigenvalue weighted by Crippen LogP contribution is -2.21. The fourth-order valence-electron chi connectivity index (χ4n) is 3.88. The molecule has 132 valence electrons. The van der Waals surface area contributed by atoms with Crippen LogP contribution in [0.15, 0.2) is 30.5 Å². The first kappa shape index (κ1) is 16.3. The van der Waals surface area contributed by atoms with Crippen LogP contribution in [-0.4, -0.2) is 34.3 Å². The van der Waals surface area contributed by atoms with E-state index in [4.69, 9.17) is 0 Å². The van der Waals surface area contributed by atoms with Crippen LogP contribution in [0.2, 0.25) is 0 Å². The molecule has 25 heavy (non-hydrogen) atoms. The zero-order valence-corrected chi connectivity index (χ0v) is 13.4. The summed E-state index contributed by atoms with van der Waals surface area (Å²) in [5, 5.41) is 14.8. The number of anilines is 1. The number of nitrogens with one attached hydrogen (secondary N) is 2. The zero-order chi connectivity index (χ0) is 17.4. The van der Waals surface area contributed by atoms with Crippen LogP contribution in [0.25, 0.3) is 11.3 Å². The molecule has 8 heteroatoms. The van der Waals surface area contributed by atoms with Gasteiger partial charge in [-0.2, -0.15) is 13.2 Å². The van der Waals surface area contributed by atoms with Gasteiger partial charge in [0.15, 0.2) is 5.69 Å². The van der Waals surface area contributed by atoms with E-state index in [1.54, 1.807) is 12.1 Å². The highest BCUT2D eigenvalue weighted by Gasteiger charge is 2.37. The molecule has 1 unspecified atom stereocenters. The molecule has 0 bridgehead atoms. The van der Waals surface area contributed by atoms with Crippen molar-refractivity contribution in [1.29, 1.82) is 0 Å². The van der Waals surface area contributed by atoms with Crippen molar-refractivity contribution in [2.24, 2.45) is 11.8 Å². The van der Waals surface area contributed by atoms with Crippen molar-refractivity contribution in [3.8, 4) is 11.3 Å². The van der Waals surface area contributed by atoms with Gasteiger partial charge in [-0.15, -0.1) is 10.2 Å². The minimum absolute atomic E-state index is 0.0597. The third kappa shape index (κ3) is 3.30. The van der Waals surface area contributed by atoms with Crippen molar-refractivity contribution in [2.45, 2.75) is 25.1 Å². The maximum Gasteiger partial charge on any atom is 0.434 e. The second-order valence-corrected chi connectivity index (χ2v) is 6.69. The van der Waals surface area contributed by atoms with E-state index in [0.717, 1.165) is 32.1 Å². The van der Waals surface area contributed by atoms with E-state index in [0.29, 0.717) is 23.7 Å². The van der Waals surface area contributed by atoms with Crippen LogP contribution < -0.4 is 10.6 Å². The van der Waals surface area contributed by atoms with Crippen molar-refractivity contribution in [3.05, 3.63) is 36.2 Å². The lowest BCUT2D eigenvalue weighted by atomic mass is 10.0. The van der Waals surface area contributed by atoms with E-state index >= 15 is 0 Å².